The van der Waals surface area contributed by atoms with Gasteiger partial charge in [-0.25, -0.2) is 8.42 Å². The van der Waals surface area contributed by atoms with Gasteiger partial charge in [0, 0.05) is 18.9 Å². The summed E-state index contributed by atoms with van der Waals surface area (Å²) in [5.41, 5.74) is 1.56. The molecule has 1 fully saturated rings. The number of anilines is 2. The predicted molar refractivity (Wildman–Crippen MR) is 152 cm³/mol. The number of halogens is 3. The number of rotatable bonds is 8. The summed E-state index contributed by atoms with van der Waals surface area (Å²) >= 11 is 1.27. The molecule has 0 spiro atoms. The molecule has 3 aromatic rings. The molecule has 2 aromatic carbocycles. The average Bonchev–Trinajstić information content (AvgIpc) is 3.22. The quantitative estimate of drug-likeness (QED) is 0.337. The highest BCUT2D eigenvalue weighted by Crippen LogP contribution is 2.39. The second-order valence-electron chi connectivity index (χ2n) is 9.80. The summed E-state index contributed by atoms with van der Waals surface area (Å²) in [4.78, 5) is 2.82. The molecule has 0 atom stereocenters. The molecule has 0 aliphatic carbocycles. The fourth-order valence-electron chi connectivity index (χ4n) is 4.62. The van der Waals surface area contributed by atoms with Gasteiger partial charge in [0.2, 0.25) is 0 Å². The van der Waals surface area contributed by atoms with E-state index in [0.717, 1.165) is 49.1 Å². The maximum absolute atomic E-state index is 13.5. The van der Waals surface area contributed by atoms with Crippen LogP contribution in [0.15, 0.2) is 41.3 Å². The van der Waals surface area contributed by atoms with Crippen molar-refractivity contribution in [2.75, 3.05) is 57.2 Å². The summed E-state index contributed by atoms with van der Waals surface area (Å²) in [7, 11) is 0.144. The van der Waals surface area contributed by atoms with Crippen molar-refractivity contribution in [2.24, 2.45) is 5.92 Å². The topological polar surface area (TPSA) is 70.7 Å². The van der Waals surface area contributed by atoms with Crippen molar-refractivity contribution >= 4 is 42.6 Å². The summed E-state index contributed by atoms with van der Waals surface area (Å²) in [6, 6.07) is 9.88. The van der Waals surface area contributed by atoms with Crippen LogP contribution in [0.3, 0.4) is 0 Å². The van der Waals surface area contributed by atoms with Crippen LogP contribution in [0.25, 0.3) is 10.1 Å². The first-order valence-electron chi connectivity index (χ1n) is 12.6. The third kappa shape index (κ3) is 7.59. The largest absolute Gasteiger partial charge is 0.495 e. The molecule has 0 amide bonds. The van der Waals surface area contributed by atoms with E-state index in [1.165, 1.54) is 30.6 Å². The molecule has 0 bridgehead atoms. The number of likely N-dealkylation sites (tertiary alicyclic amines) is 1. The van der Waals surface area contributed by atoms with Crippen LogP contribution in [-0.4, -0.2) is 66.1 Å². The van der Waals surface area contributed by atoms with Gasteiger partial charge in [-0.2, -0.15) is 13.2 Å². The first-order valence-corrected chi connectivity index (χ1v) is 15.3. The SMILES string of the molecule is COc1cc(S(C)(=O)=O)ccc1NCC#Cc1sc2c(NCC3CCN(C)CC3)cccc2c1CC(F)(F)F. The van der Waals surface area contributed by atoms with Gasteiger partial charge < -0.3 is 20.3 Å². The lowest BCUT2D eigenvalue weighted by Gasteiger charge is -2.29. The normalized spacial score (nSPS) is 15.1. The van der Waals surface area contributed by atoms with Crippen molar-refractivity contribution in [1.29, 1.82) is 0 Å². The number of nitrogens with zero attached hydrogens (tertiary/aromatic N) is 1. The molecule has 0 radical (unpaired) electrons. The molecule has 210 valence electrons. The van der Waals surface area contributed by atoms with Crippen LogP contribution in [0.5, 0.6) is 5.75 Å². The number of methoxy groups -OCH3 is 1. The zero-order valence-corrected chi connectivity index (χ0v) is 23.7. The highest BCUT2D eigenvalue weighted by atomic mass is 32.2. The van der Waals surface area contributed by atoms with Crippen molar-refractivity contribution in [3.8, 4) is 17.6 Å². The van der Waals surface area contributed by atoms with Gasteiger partial charge in [0.1, 0.15) is 5.75 Å². The number of thiophene rings is 1. The lowest BCUT2D eigenvalue weighted by Crippen LogP contribution is -2.32. The zero-order chi connectivity index (χ0) is 28.2. The Balaban J connectivity index is 1.56. The van der Waals surface area contributed by atoms with Crippen molar-refractivity contribution in [2.45, 2.75) is 30.3 Å². The van der Waals surface area contributed by atoms with Crippen LogP contribution in [0.2, 0.25) is 0 Å². The molecule has 2 heterocycles. The summed E-state index contributed by atoms with van der Waals surface area (Å²) in [5, 5.41) is 7.11. The third-order valence-electron chi connectivity index (χ3n) is 6.79. The molecule has 11 heteroatoms. The van der Waals surface area contributed by atoms with Crippen molar-refractivity contribution in [3.05, 3.63) is 46.8 Å². The summed E-state index contributed by atoms with van der Waals surface area (Å²) in [6.07, 6.45) is -2.12. The van der Waals surface area contributed by atoms with E-state index in [1.807, 2.05) is 6.07 Å². The summed E-state index contributed by atoms with van der Waals surface area (Å²) in [6.45, 7) is 3.01. The van der Waals surface area contributed by atoms with E-state index in [4.69, 9.17) is 4.74 Å². The molecule has 6 nitrogen and oxygen atoms in total. The molecule has 2 N–H and O–H groups in total. The number of fused-ring (bicyclic) bond motifs is 1. The Morgan fingerprint density at radius 1 is 1.13 bits per heavy atom. The number of nitrogens with one attached hydrogen (secondary N) is 2. The van der Waals surface area contributed by atoms with Gasteiger partial charge in [0.05, 0.1) is 45.9 Å². The van der Waals surface area contributed by atoms with E-state index in [1.54, 1.807) is 18.2 Å². The molecule has 4 rings (SSSR count). The Morgan fingerprint density at radius 2 is 1.87 bits per heavy atom. The van der Waals surface area contributed by atoms with E-state index in [0.29, 0.717) is 27.6 Å². The van der Waals surface area contributed by atoms with Gasteiger partial charge in [0.15, 0.2) is 9.84 Å². The molecule has 1 aliphatic rings. The molecule has 1 aliphatic heterocycles. The van der Waals surface area contributed by atoms with E-state index in [9.17, 15) is 21.6 Å². The number of ether oxygens (including phenoxy) is 1. The molecule has 39 heavy (non-hydrogen) atoms. The van der Waals surface area contributed by atoms with Crippen LogP contribution in [0.1, 0.15) is 23.3 Å². The van der Waals surface area contributed by atoms with E-state index >= 15 is 0 Å². The summed E-state index contributed by atoms with van der Waals surface area (Å²) in [5.74, 6) is 6.73. The van der Waals surface area contributed by atoms with Crippen LogP contribution >= 0.6 is 11.3 Å². The maximum Gasteiger partial charge on any atom is 0.393 e. The molecule has 1 aromatic heterocycles. The zero-order valence-electron chi connectivity index (χ0n) is 22.1. The average molecular weight is 580 g/mol. The fourth-order valence-corrected chi connectivity index (χ4v) is 6.44. The Bertz CT molecular complexity index is 1480. The van der Waals surface area contributed by atoms with Gasteiger partial charge in [-0.1, -0.05) is 24.0 Å². The number of piperidine rings is 1. The lowest BCUT2D eigenvalue weighted by molar-refractivity contribution is -0.126. The number of hydrogen-bond donors (Lipinski definition) is 2. The van der Waals surface area contributed by atoms with Gasteiger partial charge in [0.25, 0.3) is 0 Å². The van der Waals surface area contributed by atoms with Crippen molar-refractivity contribution in [3.63, 3.8) is 0 Å². The molecule has 0 saturated carbocycles. The van der Waals surface area contributed by atoms with Gasteiger partial charge in [-0.05, 0) is 68.0 Å². The fraction of sp³-hybridized carbons (Fsp3) is 0.429. The molecule has 0 unspecified atom stereocenters. The van der Waals surface area contributed by atoms with Gasteiger partial charge in [-0.15, -0.1) is 11.3 Å². The minimum Gasteiger partial charge on any atom is -0.495 e. The second kappa shape index (κ2) is 12.1. The van der Waals surface area contributed by atoms with E-state index in [-0.39, 0.29) is 17.0 Å². The maximum atomic E-state index is 13.5. The van der Waals surface area contributed by atoms with Gasteiger partial charge in [-0.3, -0.25) is 0 Å². The first-order chi connectivity index (χ1) is 18.4. The lowest BCUT2D eigenvalue weighted by atomic mass is 9.97. The van der Waals surface area contributed by atoms with E-state index < -0.39 is 22.4 Å². The number of sulfone groups is 1. The number of hydrogen-bond acceptors (Lipinski definition) is 7. The van der Waals surface area contributed by atoms with Crippen LogP contribution in [0, 0.1) is 17.8 Å². The molecular formula is C28H32F3N3O3S2. The van der Waals surface area contributed by atoms with Crippen molar-refractivity contribution in [1.82, 2.24) is 4.90 Å². The third-order valence-corrected chi connectivity index (χ3v) is 9.09. The molecule has 1 saturated heterocycles. The Kier molecular flexibility index (Phi) is 8.99. The van der Waals surface area contributed by atoms with Crippen molar-refractivity contribution < 1.29 is 26.3 Å². The monoisotopic (exact) mass is 579 g/mol. The predicted octanol–water partition coefficient (Wildman–Crippen LogP) is 5.64. The number of alkyl halides is 3. The highest BCUT2D eigenvalue weighted by Gasteiger charge is 2.31. The standard InChI is InChI=1S/C28H32F3N3O3S2/c1-34-14-11-19(12-15-34)18-33-24-7-4-6-21-22(17-28(29,30)31)26(38-27(21)24)8-5-13-32-23-10-9-20(39(3,35)36)16-25(23)37-2/h4,6-7,9-10,16,19,32-33H,11-15,17-18H2,1-3H3. The van der Waals surface area contributed by atoms with E-state index in [2.05, 4.69) is 34.4 Å². The van der Waals surface area contributed by atoms with Crippen LogP contribution < -0.4 is 15.4 Å². The minimum absolute atomic E-state index is 0.123. The Labute approximate surface area is 231 Å². The number of benzene rings is 2. The minimum atomic E-state index is -4.37. The van der Waals surface area contributed by atoms with Crippen LogP contribution in [0.4, 0.5) is 24.5 Å². The smallest absolute Gasteiger partial charge is 0.393 e. The Morgan fingerprint density at radius 3 is 2.54 bits per heavy atom. The summed E-state index contributed by atoms with van der Waals surface area (Å²) < 4.78 is 70.3. The van der Waals surface area contributed by atoms with Crippen LogP contribution in [-0.2, 0) is 16.3 Å². The highest BCUT2D eigenvalue weighted by molar-refractivity contribution is 7.90. The molecular weight excluding hydrogens is 547 g/mol. The van der Waals surface area contributed by atoms with Gasteiger partial charge >= 0.3 is 6.18 Å². The first kappa shape index (κ1) is 29.1. The second-order valence-corrected chi connectivity index (χ2v) is 12.8. The Hall–Kier alpha value is -2.94.